The molecule has 0 amide bonds. The maximum Gasteiger partial charge on any atom is 0.0543 e. The zero-order chi connectivity index (χ0) is 28.3. The minimum Gasteiger partial charge on any atom is -0.310 e. The van der Waals surface area contributed by atoms with Gasteiger partial charge >= 0.3 is 0 Å². The van der Waals surface area contributed by atoms with E-state index in [1.807, 2.05) is 0 Å². The average molecular weight is 546 g/mol. The highest BCUT2D eigenvalue weighted by Gasteiger charge is 2.37. The molecule has 0 unspecified atom stereocenters. The average Bonchev–Trinajstić information content (AvgIpc) is 3.26. The molecular weight excluding hydrogens is 506 g/mol. The lowest BCUT2D eigenvalue weighted by molar-refractivity contribution is 0.660. The fourth-order valence-corrected chi connectivity index (χ4v) is 7.92. The molecule has 0 saturated heterocycles. The van der Waals surface area contributed by atoms with Gasteiger partial charge in [-0.1, -0.05) is 80.6 Å². The van der Waals surface area contributed by atoms with E-state index in [-0.39, 0.29) is 5.41 Å². The monoisotopic (exact) mass is 545 g/mol. The van der Waals surface area contributed by atoms with Crippen LogP contribution in [0.15, 0.2) is 103 Å². The van der Waals surface area contributed by atoms with Gasteiger partial charge in [0.15, 0.2) is 0 Å². The highest BCUT2D eigenvalue weighted by Crippen LogP contribution is 2.53. The third kappa shape index (κ3) is 4.13. The third-order valence-electron chi connectivity index (χ3n) is 10.2. The number of aryl methyl sites for hydroxylation is 4. The predicted molar refractivity (Wildman–Crippen MR) is 177 cm³/mol. The van der Waals surface area contributed by atoms with Crippen LogP contribution in [0.25, 0.3) is 22.3 Å². The van der Waals surface area contributed by atoms with Crippen molar-refractivity contribution in [3.8, 4) is 22.3 Å². The van der Waals surface area contributed by atoms with E-state index in [0.717, 1.165) is 0 Å². The van der Waals surface area contributed by atoms with Crippen molar-refractivity contribution in [1.82, 2.24) is 0 Å². The molecule has 0 atom stereocenters. The van der Waals surface area contributed by atoms with Crippen LogP contribution in [0, 0.1) is 0 Å². The molecule has 5 aromatic carbocycles. The summed E-state index contributed by atoms with van der Waals surface area (Å²) in [5.74, 6) is 0. The molecule has 0 radical (unpaired) electrons. The Morgan fingerprint density at radius 3 is 1.88 bits per heavy atom. The van der Waals surface area contributed by atoms with E-state index < -0.39 is 0 Å². The molecule has 5 aromatic rings. The Hall–Kier alpha value is -4.10. The molecule has 3 aliphatic rings. The van der Waals surface area contributed by atoms with Crippen molar-refractivity contribution in [3.05, 3.63) is 137 Å². The van der Waals surface area contributed by atoms with E-state index >= 15 is 0 Å². The fraction of sp³-hybridized carbons (Fsp3) is 0.268. The van der Waals surface area contributed by atoms with E-state index in [1.54, 1.807) is 0 Å². The van der Waals surface area contributed by atoms with Gasteiger partial charge in [0.1, 0.15) is 0 Å². The summed E-state index contributed by atoms with van der Waals surface area (Å²) in [6, 6.07) is 39.6. The topological polar surface area (TPSA) is 3.24 Å². The second kappa shape index (κ2) is 10.0. The normalized spacial score (nSPS) is 16.2. The number of fused-ring (bicyclic) bond motifs is 5. The Balaban J connectivity index is 1.41. The number of hydrogen-bond donors (Lipinski definition) is 0. The minimum absolute atomic E-state index is 0.0622. The van der Waals surface area contributed by atoms with Crippen molar-refractivity contribution in [2.24, 2.45) is 0 Å². The van der Waals surface area contributed by atoms with Gasteiger partial charge in [0, 0.05) is 22.4 Å². The van der Waals surface area contributed by atoms with Crippen molar-refractivity contribution in [2.75, 3.05) is 4.90 Å². The Morgan fingerprint density at radius 1 is 0.476 bits per heavy atom. The van der Waals surface area contributed by atoms with Crippen LogP contribution in [-0.4, -0.2) is 0 Å². The van der Waals surface area contributed by atoms with Gasteiger partial charge in [-0.05, 0) is 138 Å². The van der Waals surface area contributed by atoms with Crippen LogP contribution >= 0.6 is 0 Å². The molecule has 3 aliphatic carbocycles. The second-order valence-electron chi connectivity index (χ2n) is 13.1. The van der Waals surface area contributed by atoms with Gasteiger partial charge in [0.05, 0.1) is 5.69 Å². The zero-order valence-corrected chi connectivity index (χ0v) is 24.9. The van der Waals surface area contributed by atoms with Crippen molar-refractivity contribution in [1.29, 1.82) is 0 Å². The molecule has 208 valence electrons. The van der Waals surface area contributed by atoms with Crippen molar-refractivity contribution >= 4 is 17.1 Å². The number of nitrogens with zero attached hydrogens (tertiary/aromatic N) is 1. The Morgan fingerprint density at radius 2 is 1.12 bits per heavy atom. The molecule has 0 aromatic heterocycles. The molecular formula is C41H39N. The number of para-hydroxylation sites is 1. The number of anilines is 3. The fourth-order valence-electron chi connectivity index (χ4n) is 7.92. The standard InChI is InChI=1S/C41H39N/c1-41(2)38-19-11-10-18-35(38)37-26-36(32-21-20-28-12-6-8-14-30(28)24-32)40(27-39(37)41)42(33-16-4-3-5-17-33)34-23-22-29-13-7-9-15-31(29)25-34/h3-5,10-11,16-27H,6-9,12-15H2,1-2H3. The lowest BCUT2D eigenvalue weighted by Crippen LogP contribution is -2.17. The maximum atomic E-state index is 2.53. The van der Waals surface area contributed by atoms with Crippen LogP contribution in [0.3, 0.4) is 0 Å². The second-order valence-corrected chi connectivity index (χ2v) is 13.1. The van der Waals surface area contributed by atoms with Crippen LogP contribution in [0.4, 0.5) is 17.1 Å². The van der Waals surface area contributed by atoms with Crippen molar-refractivity contribution < 1.29 is 0 Å². The van der Waals surface area contributed by atoms with Crippen LogP contribution in [0.5, 0.6) is 0 Å². The quantitative estimate of drug-likeness (QED) is 0.217. The summed E-state index contributed by atoms with van der Waals surface area (Å²) in [4.78, 5) is 2.53. The molecule has 42 heavy (non-hydrogen) atoms. The lowest BCUT2D eigenvalue weighted by Gasteiger charge is -2.31. The summed E-state index contributed by atoms with van der Waals surface area (Å²) in [7, 11) is 0. The van der Waals surface area contributed by atoms with E-state index in [4.69, 9.17) is 0 Å². The molecule has 0 fully saturated rings. The van der Waals surface area contributed by atoms with Gasteiger partial charge in [-0.25, -0.2) is 0 Å². The molecule has 0 spiro atoms. The smallest absolute Gasteiger partial charge is 0.0543 e. The molecule has 1 nitrogen and oxygen atoms in total. The first-order valence-corrected chi connectivity index (χ1v) is 16.0. The number of benzene rings is 5. The van der Waals surface area contributed by atoms with Crippen molar-refractivity contribution in [3.63, 3.8) is 0 Å². The van der Waals surface area contributed by atoms with Crippen LogP contribution in [0.2, 0.25) is 0 Å². The number of rotatable bonds is 4. The van der Waals surface area contributed by atoms with E-state index in [1.165, 1.54) is 124 Å². The summed E-state index contributed by atoms with van der Waals surface area (Å²) in [6.45, 7) is 4.79. The highest BCUT2D eigenvalue weighted by molar-refractivity contribution is 5.94. The van der Waals surface area contributed by atoms with Gasteiger partial charge in [0.2, 0.25) is 0 Å². The first kappa shape index (κ1) is 25.6. The van der Waals surface area contributed by atoms with Gasteiger partial charge in [0.25, 0.3) is 0 Å². The summed E-state index contributed by atoms with van der Waals surface area (Å²) < 4.78 is 0. The number of hydrogen-bond acceptors (Lipinski definition) is 1. The van der Waals surface area contributed by atoms with E-state index in [9.17, 15) is 0 Å². The summed E-state index contributed by atoms with van der Waals surface area (Å²) in [5.41, 5.74) is 18.0. The summed E-state index contributed by atoms with van der Waals surface area (Å²) >= 11 is 0. The third-order valence-corrected chi connectivity index (χ3v) is 10.2. The molecule has 1 heteroatoms. The molecule has 0 N–H and O–H groups in total. The maximum absolute atomic E-state index is 2.53. The summed E-state index contributed by atoms with van der Waals surface area (Å²) in [5, 5.41) is 0. The Labute approximate surface area is 250 Å². The van der Waals surface area contributed by atoms with Gasteiger partial charge < -0.3 is 4.90 Å². The van der Waals surface area contributed by atoms with Crippen LogP contribution < -0.4 is 4.90 Å². The largest absolute Gasteiger partial charge is 0.310 e. The molecule has 0 saturated carbocycles. The van der Waals surface area contributed by atoms with Crippen LogP contribution in [0.1, 0.15) is 72.9 Å². The van der Waals surface area contributed by atoms with E-state index in [0.29, 0.717) is 0 Å². The summed E-state index contributed by atoms with van der Waals surface area (Å²) in [6.07, 6.45) is 9.96. The predicted octanol–water partition coefficient (Wildman–Crippen LogP) is 10.9. The van der Waals surface area contributed by atoms with Gasteiger partial charge in [-0.2, -0.15) is 0 Å². The first-order chi connectivity index (χ1) is 20.6. The Bertz CT molecular complexity index is 1810. The Kier molecular flexibility index (Phi) is 6.11. The van der Waals surface area contributed by atoms with Gasteiger partial charge in [-0.3, -0.25) is 0 Å². The first-order valence-electron chi connectivity index (χ1n) is 16.0. The van der Waals surface area contributed by atoms with E-state index in [2.05, 4.69) is 122 Å². The van der Waals surface area contributed by atoms with Crippen LogP contribution in [-0.2, 0) is 31.1 Å². The lowest BCUT2D eigenvalue weighted by atomic mass is 9.81. The SMILES string of the molecule is CC1(C)c2ccccc2-c2cc(-c3ccc4c(c3)CCCC4)c(N(c3ccccc3)c3ccc4c(c3)CCCC4)cc21. The minimum atomic E-state index is -0.0622. The van der Waals surface area contributed by atoms with Crippen molar-refractivity contribution in [2.45, 2.75) is 70.6 Å². The molecule has 0 heterocycles. The molecule has 0 bridgehead atoms. The highest BCUT2D eigenvalue weighted by atomic mass is 15.1. The van der Waals surface area contributed by atoms with Gasteiger partial charge in [-0.15, -0.1) is 0 Å². The molecule has 0 aliphatic heterocycles. The molecule has 8 rings (SSSR count). The zero-order valence-electron chi connectivity index (χ0n) is 24.9.